The lowest BCUT2D eigenvalue weighted by atomic mass is 9.62. The summed E-state index contributed by atoms with van der Waals surface area (Å²) in [4.78, 5) is 16.7. The van der Waals surface area contributed by atoms with Crippen LogP contribution in [-0.4, -0.2) is 55.5 Å². The first-order valence-electron chi connectivity index (χ1n) is 6.25. The third kappa shape index (κ3) is 1.96. The highest BCUT2D eigenvalue weighted by Gasteiger charge is 2.49. The standard InChI is InChI=1S/C12H23N3O/c1-10-7-12(8-10,9-13)11(16)15-5-3-14(2)4-6-15/h10H,3-9,13H2,1-2H3. The van der Waals surface area contributed by atoms with Gasteiger partial charge in [-0.25, -0.2) is 0 Å². The molecule has 0 aromatic heterocycles. The number of piperazine rings is 1. The molecule has 0 bridgehead atoms. The van der Waals surface area contributed by atoms with E-state index < -0.39 is 0 Å². The molecule has 0 atom stereocenters. The van der Waals surface area contributed by atoms with Crippen LogP contribution in [0.1, 0.15) is 19.8 Å². The number of hydrogen-bond donors (Lipinski definition) is 1. The zero-order valence-electron chi connectivity index (χ0n) is 10.4. The van der Waals surface area contributed by atoms with Gasteiger partial charge in [-0.05, 0) is 25.8 Å². The number of carbonyl (C=O) groups excluding carboxylic acids is 1. The lowest BCUT2D eigenvalue weighted by Crippen LogP contribution is -2.58. The predicted octanol–water partition coefficient (Wildman–Crippen LogP) is 0.135. The Morgan fingerprint density at radius 2 is 1.88 bits per heavy atom. The van der Waals surface area contributed by atoms with E-state index in [1.54, 1.807) is 0 Å². The van der Waals surface area contributed by atoms with Crippen molar-refractivity contribution in [1.82, 2.24) is 9.80 Å². The van der Waals surface area contributed by atoms with E-state index in [-0.39, 0.29) is 5.41 Å². The molecule has 1 saturated carbocycles. The predicted molar refractivity (Wildman–Crippen MR) is 64.0 cm³/mol. The van der Waals surface area contributed by atoms with Crippen molar-refractivity contribution >= 4 is 5.91 Å². The second-order valence-electron chi connectivity index (χ2n) is 5.59. The van der Waals surface area contributed by atoms with Crippen LogP contribution < -0.4 is 5.73 Å². The summed E-state index contributed by atoms with van der Waals surface area (Å²) in [6.45, 7) is 6.43. The zero-order valence-corrected chi connectivity index (χ0v) is 10.4. The highest BCUT2D eigenvalue weighted by atomic mass is 16.2. The van der Waals surface area contributed by atoms with Gasteiger partial charge < -0.3 is 15.5 Å². The molecule has 0 aromatic rings. The van der Waals surface area contributed by atoms with E-state index in [4.69, 9.17) is 5.73 Å². The molecule has 4 heteroatoms. The normalized spacial score (nSPS) is 35.9. The Balaban J connectivity index is 1.96. The molecular weight excluding hydrogens is 202 g/mol. The highest BCUT2D eigenvalue weighted by molar-refractivity contribution is 5.84. The highest BCUT2D eigenvalue weighted by Crippen LogP contribution is 2.46. The summed E-state index contributed by atoms with van der Waals surface area (Å²) in [6.07, 6.45) is 1.96. The number of amides is 1. The number of hydrogen-bond acceptors (Lipinski definition) is 3. The molecule has 4 nitrogen and oxygen atoms in total. The van der Waals surface area contributed by atoms with Gasteiger partial charge in [0.1, 0.15) is 0 Å². The number of nitrogens with zero attached hydrogens (tertiary/aromatic N) is 2. The summed E-state index contributed by atoms with van der Waals surface area (Å²) in [5.41, 5.74) is 5.60. The zero-order chi connectivity index (χ0) is 11.8. The molecule has 2 rings (SSSR count). The maximum absolute atomic E-state index is 12.4. The van der Waals surface area contributed by atoms with Crippen molar-refractivity contribution in [2.75, 3.05) is 39.8 Å². The summed E-state index contributed by atoms with van der Waals surface area (Å²) < 4.78 is 0. The molecule has 0 unspecified atom stereocenters. The Kier molecular flexibility index (Phi) is 3.22. The van der Waals surface area contributed by atoms with Gasteiger partial charge in [-0.2, -0.15) is 0 Å². The van der Waals surface area contributed by atoms with Crippen LogP contribution >= 0.6 is 0 Å². The second kappa shape index (κ2) is 4.34. The fraction of sp³-hybridized carbons (Fsp3) is 0.917. The van der Waals surface area contributed by atoms with Crippen molar-refractivity contribution in [2.24, 2.45) is 17.1 Å². The van der Waals surface area contributed by atoms with Crippen molar-refractivity contribution in [1.29, 1.82) is 0 Å². The third-order valence-corrected chi connectivity index (χ3v) is 4.11. The molecule has 0 spiro atoms. The van der Waals surface area contributed by atoms with Crippen LogP contribution in [0.15, 0.2) is 0 Å². The van der Waals surface area contributed by atoms with Gasteiger partial charge >= 0.3 is 0 Å². The van der Waals surface area contributed by atoms with Crippen LogP contribution in [0.3, 0.4) is 0 Å². The van der Waals surface area contributed by atoms with Crippen molar-refractivity contribution in [3.05, 3.63) is 0 Å². The molecule has 2 fully saturated rings. The first-order chi connectivity index (χ1) is 7.57. The smallest absolute Gasteiger partial charge is 0.230 e. The van der Waals surface area contributed by atoms with Crippen molar-refractivity contribution < 1.29 is 4.79 Å². The van der Waals surface area contributed by atoms with E-state index in [2.05, 4.69) is 18.9 Å². The molecule has 0 aromatic carbocycles. The minimum atomic E-state index is -0.213. The maximum atomic E-state index is 12.4. The van der Waals surface area contributed by atoms with Crippen LogP contribution in [-0.2, 0) is 4.79 Å². The lowest BCUT2D eigenvalue weighted by Gasteiger charge is -2.48. The molecule has 16 heavy (non-hydrogen) atoms. The average molecular weight is 225 g/mol. The third-order valence-electron chi connectivity index (χ3n) is 4.11. The Hall–Kier alpha value is -0.610. The number of carbonyl (C=O) groups is 1. The van der Waals surface area contributed by atoms with Crippen LogP contribution in [0.2, 0.25) is 0 Å². The monoisotopic (exact) mass is 225 g/mol. The van der Waals surface area contributed by atoms with Crippen LogP contribution in [0, 0.1) is 11.3 Å². The van der Waals surface area contributed by atoms with Crippen molar-refractivity contribution in [3.63, 3.8) is 0 Å². The van der Waals surface area contributed by atoms with Crippen LogP contribution in [0.4, 0.5) is 0 Å². The number of rotatable bonds is 2. The molecule has 1 saturated heterocycles. The van der Waals surface area contributed by atoms with Crippen LogP contribution in [0.5, 0.6) is 0 Å². The fourth-order valence-corrected chi connectivity index (χ4v) is 3.05. The van der Waals surface area contributed by atoms with Gasteiger partial charge in [0, 0.05) is 32.7 Å². The van der Waals surface area contributed by atoms with Gasteiger partial charge in [-0.15, -0.1) is 0 Å². The Morgan fingerprint density at radius 3 is 2.31 bits per heavy atom. The van der Waals surface area contributed by atoms with E-state index in [9.17, 15) is 4.79 Å². The SMILES string of the molecule is CC1CC(CN)(C(=O)N2CCN(C)CC2)C1. The Bertz CT molecular complexity index is 265. The first-order valence-corrected chi connectivity index (χ1v) is 6.25. The first kappa shape index (κ1) is 11.9. The minimum Gasteiger partial charge on any atom is -0.340 e. The summed E-state index contributed by atoms with van der Waals surface area (Å²) in [6, 6.07) is 0. The van der Waals surface area contributed by atoms with Gasteiger partial charge in [0.2, 0.25) is 5.91 Å². The maximum Gasteiger partial charge on any atom is 0.230 e. The summed E-state index contributed by atoms with van der Waals surface area (Å²) >= 11 is 0. The fourth-order valence-electron chi connectivity index (χ4n) is 3.05. The summed E-state index contributed by atoms with van der Waals surface area (Å²) in [5, 5.41) is 0. The van der Waals surface area contributed by atoms with E-state index in [1.165, 1.54) is 0 Å². The quantitative estimate of drug-likeness (QED) is 0.727. The molecule has 1 aliphatic heterocycles. The lowest BCUT2D eigenvalue weighted by molar-refractivity contribution is -0.151. The van der Waals surface area contributed by atoms with Crippen molar-refractivity contribution in [2.45, 2.75) is 19.8 Å². The van der Waals surface area contributed by atoms with Gasteiger partial charge in [-0.1, -0.05) is 6.92 Å². The molecule has 2 N–H and O–H groups in total. The van der Waals surface area contributed by atoms with Crippen LogP contribution in [0.25, 0.3) is 0 Å². The molecule has 0 radical (unpaired) electrons. The Labute approximate surface area is 97.8 Å². The van der Waals surface area contributed by atoms with E-state index in [0.29, 0.717) is 18.4 Å². The number of nitrogens with two attached hydrogens (primary N) is 1. The van der Waals surface area contributed by atoms with Gasteiger partial charge in [-0.3, -0.25) is 4.79 Å². The molecule has 1 heterocycles. The molecule has 2 aliphatic rings. The van der Waals surface area contributed by atoms with E-state index in [0.717, 1.165) is 39.0 Å². The molecule has 1 amide bonds. The topological polar surface area (TPSA) is 49.6 Å². The van der Waals surface area contributed by atoms with E-state index in [1.807, 2.05) is 4.90 Å². The summed E-state index contributed by atoms with van der Waals surface area (Å²) in [7, 11) is 2.10. The Morgan fingerprint density at radius 1 is 1.31 bits per heavy atom. The van der Waals surface area contributed by atoms with E-state index >= 15 is 0 Å². The van der Waals surface area contributed by atoms with Crippen molar-refractivity contribution in [3.8, 4) is 0 Å². The van der Waals surface area contributed by atoms with Gasteiger partial charge in [0.15, 0.2) is 0 Å². The molecular formula is C12H23N3O. The second-order valence-corrected chi connectivity index (χ2v) is 5.59. The summed E-state index contributed by atoms with van der Waals surface area (Å²) in [5.74, 6) is 0.973. The average Bonchev–Trinajstić information content (AvgIpc) is 2.24. The largest absolute Gasteiger partial charge is 0.340 e. The van der Waals surface area contributed by atoms with Gasteiger partial charge in [0.25, 0.3) is 0 Å². The molecule has 1 aliphatic carbocycles. The molecule has 92 valence electrons. The minimum absolute atomic E-state index is 0.213. The number of likely N-dealkylation sites (N-methyl/N-ethyl adjacent to an activating group) is 1. The van der Waals surface area contributed by atoms with Gasteiger partial charge in [0.05, 0.1) is 5.41 Å².